The molecule has 1 amide bonds. The predicted molar refractivity (Wildman–Crippen MR) is 77.8 cm³/mol. The highest BCUT2D eigenvalue weighted by molar-refractivity contribution is 5.94. The van der Waals surface area contributed by atoms with Gasteiger partial charge in [0.1, 0.15) is 0 Å². The van der Waals surface area contributed by atoms with Crippen molar-refractivity contribution in [1.29, 1.82) is 0 Å². The fourth-order valence-electron chi connectivity index (χ4n) is 1.85. The molecule has 4 heteroatoms. The van der Waals surface area contributed by atoms with Gasteiger partial charge in [-0.25, -0.2) is 4.98 Å². The van der Waals surface area contributed by atoms with Gasteiger partial charge in [0.2, 0.25) is 5.88 Å². The Balaban J connectivity index is 2.04. The van der Waals surface area contributed by atoms with Gasteiger partial charge in [0.15, 0.2) is 0 Å². The van der Waals surface area contributed by atoms with E-state index in [-0.39, 0.29) is 11.9 Å². The number of carbonyl (C=O) groups excluding carboxylic acids is 1. The highest BCUT2D eigenvalue weighted by atomic mass is 16.5. The lowest BCUT2D eigenvalue weighted by Crippen LogP contribution is -2.26. The number of hydrogen-bond acceptors (Lipinski definition) is 3. The number of carbonyl (C=O) groups is 1. The minimum Gasteiger partial charge on any atom is -0.481 e. The van der Waals surface area contributed by atoms with Gasteiger partial charge in [-0.2, -0.15) is 0 Å². The lowest BCUT2D eigenvalue weighted by atomic mass is 10.1. The lowest BCUT2D eigenvalue weighted by Gasteiger charge is -2.14. The third-order valence-corrected chi connectivity index (χ3v) is 3.13. The smallest absolute Gasteiger partial charge is 0.253 e. The molecular formula is C16H18N2O2. The first-order valence-corrected chi connectivity index (χ1v) is 6.47. The Morgan fingerprint density at radius 3 is 2.45 bits per heavy atom. The normalized spacial score (nSPS) is 11.8. The molecule has 0 aliphatic rings. The van der Waals surface area contributed by atoms with Crippen LogP contribution in [0.2, 0.25) is 0 Å². The highest BCUT2D eigenvalue weighted by Crippen LogP contribution is 2.14. The summed E-state index contributed by atoms with van der Waals surface area (Å²) in [4.78, 5) is 16.1. The third-order valence-electron chi connectivity index (χ3n) is 3.13. The number of aromatic nitrogens is 1. The van der Waals surface area contributed by atoms with Crippen LogP contribution in [0.25, 0.3) is 0 Å². The van der Waals surface area contributed by atoms with Crippen LogP contribution in [0.3, 0.4) is 0 Å². The van der Waals surface area contributed by atoms with Crippen molar-refractivity contribution >= 4 is 5.91 Å². The molecule has 0 spiro atoms. The van der Waals surface area contributed by atoms with E-state index < -0.39 is 0 Å². The first-order chi connectivity index (χ1) is 9.60. The number of rotatable bonds is 4. The van der Waals surface area contributed by atoms with E-state index in [1.165, 1.54) is 11.8 Å². The van der Waals surface area contributed by atoms with Crippen molar-refractivity contribution in [3.8, 4) is 5.88 Å². The molecule has 2 rings (SSSR count). The maximum absolute atomic E-state index is 12.1. The van der Waals surface area contributed by atoms with Gasteiger partial charge in [-0.15, -0.1) is 0 Å². The van der Waals surface area contributed by atoms with E-state index in [0.717, 1.165) is 5.56 Å². The molecule has 1 unspecified atom stereocenters. The molecule has 0 saturated heterocycles. The molecule has 104 valence electrons. The molecule has 1 atom stereocenters. The minimum absolute atomic E-state index is 0.0507. The van der Waals surface area contributed by atoms with Gasteiger partial charge >= 0.3 is 0 Å². The molecule has 1 aromatic carbocycles. The summed E-state index contributed by atoms with van der Waals surface area (Å²) in [6, 6.07) is 11.4. The second-order valence-corrected chi connectivity index (χ2v) is 4.70. The van der Waals surface area contributed by atoms with E-state index in [4.69, 9.17) is 4.74 Å². The van der Waals surface area contributed by atoms with Gasteiger partial charge < -0.3 is 10.1 Å². The summed E-state index contributed by atoms with van der Waals surface area (Å²) in [6.07, 6.45) is 1.51. The first kappa shape index (κ1) is 14.1. The quantitative estimate of drug-likeness (QED) is 0.929. The van der Waals surface area contributed by atoms with Crippen LogP contribution in [-0.4, -0.2) is 18.0 Å². The molecule has 4 nitrogen and oxygen atoms in total. The van der Waals surface area contributed by atoms with Crippen molar-refractivity contribution < 1.29 is 9.53 Å². The topological polar surface area (TPSA) is 51.2 Å². The Morgan fingerprint density at radius 2 is 1.90 bits per heavy atom. The molecule has 1 heterocycles. The molecule has 2 aromatic rings. The number of methoxy groups -OCH3 is 1. The van der Waals surface area contributed by atoms with E-state index in [2.05, 4.69) is 10.3 Å². The first-order valence-electron chi connectivity index (χ1n) is 6.47. The Bertz CT molecular complexity index is 576. The minimum atomic E-state index is -0.145. The molecule has 0 saturated carbocycles. The number of aryl methyl sites for hydroxylation is 1. The van der Waals surface area contributed by atoms with Crippen LogP contribution in [-0.2, 0) is 0 Å². The summed E-state index contributed by atoms with van der Waals surface area (Å²) in [5.41, 5.74) is 2.79. The number of ether oxygens (including phenoxy) is 1. The van der Waals surface area contributed by atoms with Crippen molar-refractivity contribution in [1.82, 2.24) is 10.3 Å². The molecule has 20 heavy (non-hydrogen) atoms. The molecule has 0 radical (unpaired) electrons. The summed E-state index contributed by atoms with van der Waals surface area (Å²) in [7, 11) is 1.54. The molecular weight excluding hydrogens is 252 g/mol. The summed E-state index contributed by atoms with van der Waals surface area (Å²) >= 11 is 0. The Hall–Kier alpha value is -2.36. The van der Waals surface area contributed by atoms with Crippen LogP contribution in [0.5, 0.6) is 5.88 Å². The highest BCUT2D eigenvalue weighted by Gasteiger charge is 2.11. The number of amides is 1. The van der Waals surface area contributed by atoms with Crippen LogP contribution in [0.15, 0.2) is 42.6 Å². The van der Waals surface area contributed by atoms with Crippen LogP contribution in [0.4, 0.5) is 0 Å². The van der Waals surface area contributed by atoms with Crippen LogP contribution < -0.4 is 10.1 Å². The van der Waals surface area contributed by atoms with E-state index in [1.54, 1.807) is 19.2 Å². The maximum atomic E-state index is 12.1. The zero-order chi connectivity index (χ0) is 14.5. The standard InChI is InChI=1S/C16H18N2O2/c1-11-4-6-13(7-5-11)12(2)18-16(19)14-8-9-15(20-3)17-10-14/h4-10,12H,1-3H3,(H,18,19). The van der Waals surface area contributed by atoms with Crippen LogP contribution in [0, 0.1) is 6.92 Å². The van der Waals surface area contributed by atoms with E-state index in [0.29, 0.717) is 11.4 Å². The monoisotopic (exact) mass is 270 g/mol. The maximum Gasteiger partial charge on any atom is 0.253 e. The Kier molecular flexibility index (Phi) is 4.35. The molecule has 1 aromatic heterocycles. The average Bonchev–Trinajstić information content (AvgIpc) is 2.48. The van der Waals surface area contributed by atoms with E-state index in [1.807, 2.05) is 38.1 Å². The third kappa shape index (κ3) is 3.35. The van der Waals surface area contributed by atoms with Gasteiger partial charge in [-0.05, 0) is 25.5 Å². The van der Waals surface area contributed by atoms with Crippen LogP contribution in [0.1, 0.15) is 34.5 Å². The zero-order valence-electron chi connectivity index (χ0n) is 11.9. The SMILES string of the molecule is COc1ccc(C(=O)NC(C)c2ccc(C)cc2)cn1. The molecule has 0 aliphatic carbocycles. The van der Waals surface area contributed by atoms with Crippen molar-refractivity contribution in [2.24, 2.45) is 0 Å². The van der Waals surface area contributed by atoms with Crippen molar-refractivity contribution in [2.45, 2.75) is 19.9 Å². The van der Waals surface area contributed by atoms with Gasteiger partial charge in [-0.1, -0.05) is 29.8 Å². The lowest BCUT2D eigenvalue weighted by molar-refractivity contribution is 0.0939. The predicted octanol–water partition coefficient (Wildman–Crippen LogP) is 2.89. The average molecular weight is 270 g/mol. The van der Waals surface area contributed by atoms with Crippen molar-refractivity contribution in [2.75, 3.05) is 7.11 Å². The van der Waals surface area contributed by atoms with Crippen molar-refractivity contribution in [3.05, 3.63) is 59.3 Å². The fourth-order valence-corrected chi connectivity index (χ4v) is 1.85. The molecule has 1 N–H and O–H groups in total. The largest absolute Gasteiger partial charge is 0.481 e. The van der Waals surface area contributed by atoms with Gasteiger partial charge in [0.05, 0.1) is 18.7 Å². The van der Waals surface area contributed by atoms with Gasteiger partial charge in [-0.3, -0.25) is 4.79 Å². The second kappa shape index (κ2) is 6.19. The van der Waals surface area contributed by atoms with Gasteiger partial charge in [0, 0.05) is 12.3 Å². The van der Waals surface area contributed by atoms with E-state index >= 15 is 0 Å². The second-order valence-electron chi connectivity index (χ2n) is 4.70. The fraction of sp³-hybridized carbons (Fsp3) is 0.250. The molecule has 0 aliphatic heterocycles. The number of nitrogens with one attached hydrogen (secondary N) is 1. The van der Waals surface area contributed by atoms with Crippen LogP contribution >= 0.6 is 0 Å². The summed E-state index contributed by atoms with van der Waals surface area (Å²) in [6.45, 7) is 4.00. The number of nitrogens with zero attached hydrogens (tertiary/aromatic N) is 1. The summed E-state index contributed by atoms with van der Waals surface area (Å²) in [5, 5.41) is 2.95. The number of hydrogen-bond donors (Lipinski definition) is 1. The number of benzene rings is 1. The zero-order valence-corrected chi connectivity index (χ0v) is 11.9. The molecule has 0 bridgehead atoms. The molecule has 0 fully saturated rings. The van der Waals surface area contributed by atoms with Gasteiger partial charge in [0.25, 0.3) is 5.91 Å². The van der Waals surface area contributed by atoms with Crippen molar-refractivity contribution in [3.63, 3.8) is 0 Å². The van der Waals surface area contributed by atoms with E-state index in [9.17, 15) is 4.79 Å². The summed E-state index contributed by atoms with van der Waals surface area (Å²) < 4.78 is 4.97. The Labute approximate surface area is 118 Å². The number of pyridine rings is 1. The summed E-state index contributed by atoms with van der Waals surface area (Å²) in [5.74, 6) is 0.348. The Morgan fingerprint density at radius 1 is 1.20 bits per heavy atom.